The minimum absolute atomic E-state index is 0.000889. The molecule has 0 aliphatic carbocycles. The minimum Gasteiger partial charge on any atom is -0.481 e. The van der Waals surface area contributed by atoms with Gasteiger partial charge in [-0.2, -0.15) is 0 Å². The average molecular weight is 637 g/mol. The summed E-state index contributed by atoms with van der Waals surface area (Å²) in [6.45, 7) is 0.118. The van der Waals surface area contributed by atoms with Gasteiger partial charge in [-0.3, -0.25) is 24.2 Å². The molecule has 3 aromatic rings. The molecule has 4 atom stereocenters. The van der Waals surface area contributed by atoms with Crippen molar-refractivity contribution in [2.24, 2.45) is 22.2 Å². The molecule has 0 fully saturated rings. The molecule has 2 aromatic carbocycles. The first-order valence-corrected chi connectivity index (χ1v) is 14.7. The number of para-hydroxylation sites is 1. The molecule has 15 heteroatoms. The van der Waals surface area contributed by atoms with Crippen LogP contribution in [0.15, 0.2) is 65.8 Å². The van der Waals surface area contributed by atoms with E-state index in [1.807, 2.05) is 54.6 Å². The van der Waals surface area contributed by atoms with Crippen molar-refractivity contribution in [1.82, 2.24) is 20.9 Å². The van der Waals surface area contributed by atoms with Gasteiger partial charge >= 0.3 is 11.9 Å². The van der Waals surface area contributed by atoms with Crippen LogP contribution < -0.4 is 33.2 Å². The first kappa shape index (κ1) is 35.0. The van der Waals surface area contributed by atoms with Crippen molar-refractivity contribution in [2.75, 3.05) is 6.54 Å². The topological polar surface area (TPSA) is 268 Å². The number of fused-ring (bicyclic) bond motifs is 1. The maximum absolute atomic E-state index is 13.8. The van der Waals surface area contributed by atoms with Crippen LogP contribution in [0.3, 0.4) is 0 Å². The van der Waals surface area contributed by atoms with E-state index in [0.29, 0.717) is 0 Å². The van der Waals surface area contributed by atoms with Crippen LogP contribution in [-0.4, -0.2) is 81.5 Å². The number of aromatic nitrogens is 1. The van der Waals surface area contributed by atoms with E-state index >= 15 is 0 Å². The van der Waals surface area contributed by atoms with E-state index in [-0.39, 0.29) is 44.6 Å². The summed E-state index contributed by atoms with van der Waals surface area (Å²) in [4.78, 5) is 70.1. The van der Waals surface area contributed by atoms with E-state index in [4.69, 9.17) is 22.3 Å². The van der Waals surface area contributed by atoms with Crippen molar-refractivity contribution in [2.45, 2.75) is 62.7 Å². The highest BCUT2D eigenvalue weighted by Crippen LogP contribution is 2.19. The number of hydrogen-bond donors (Lipinski definition) is 9. The van der Waals surface area contributed by atoms with Crippen LogP contribution >= 0.6 is 0 Å². The van der Waals surface area contributed by atoms with Gasteiger partial charge in [-0.15, -0.1) is 0 Å². The van der Waals surface area contributed by atoms with Crippen LogP contribution in [0.1, 0.15) is 36.8 Å². The number of carboxylic acid groups (broad SMARTS) is 2. The van der Waals surface area contributed by atoms with E-state index < -0.39 is 60.2 Å². The smallest absolute Gasteiger partial charge is 0.326 e. The predicted molar refractivity (Wildman–Crippen MR) is 170 cm³/mol. The number of aromatic amines is 1. The Bertz CT molecular complexity index is 1540. The van der Waals surface area contributed by atoms with Crippen molar-refractivity contribution >= 4 is 46.5 Å². The van der Waals surface area contributed by atoms with Crippen LogP contribution in [0.4, 0.5) is 0 Å². The summed E-state index contributed by atoms with van der Waals surface area (Å²) in [6.07, 6.45) is 1.34. The molecule has 3 amide bonds. The lowest BCUT2D eigenvalue weighted by Gasteiger charge is -2.25. The lowest BCUT2D eigenvalue weighted by Crippen LogP contribution is -2.57. The molecule has 15 nitrogen and oxygen atoms in total. The van der Waals surface area contributed by atoms with Crippen molar-refractivity contribution in [3.05, 3.63) is 71.9 Å². The maximum atomic E-state index is 13.8. The Morgan fingerprint density at radius 1 is 0.783 bits per heavy atom. The van der Waals surface area contributed by atoms with Crippen molar-refractivity contribution in [3.8, 4) is 0 Å². The molecule has 3 rings (SSSR count). The van der Waals surface area contributed by atoms with Crippen molar-refractivity contribution in [1.29, 1.82) is 0 Å². The molecule has 246 valence electrons. The molecule has 1 heterocycles. The lowest BCUT2D eigenvalue weighted by molar-refractivity contribution is -0.143. The molecule has 0 aliphatic heterocycles. The third-order valence-electron chi connectivity index (χ3n) is 7.21. The molecule has 46 heavy (non-hydrogen) atoms. The highest BCUT2D eigenvalue weighted by atomic mass is 16.4. The number of nitrogens with one attached hydrogen (secondary N) is 4. The Hall–Kier alpha value is -5.44. The molecular weight excluding hydrogens is 596 g/mol. The van der Waals surface area contributed by atoms with Crippen LogP contribution in [0.25, 0.3) is 10.9 Å². The SMILES string of the molecule is NC(N)=NCCCC(NC(=O)C(Cc1c[nH]c2ccccc12)NC(=O)C(N)Cc1ccccc1)C(=O)NC(CCC(=O)O)C(=O)O. The first-order valence-electron chi connectivity index (χ1n) is 14.7. The maximum Gasteiger partial charge on any atom is 0.326 e. The monoisotopic (exact) mass is 636 g/mol. The molecule has 0 radical (unpaired) electrons. The lowest BCUT2D eigenvalue weighted by atomic mass is 10.0. The van der Waals surface area contributed by atoms with Gasteiger partial charge in [-0.1, -0.05) is 48.5 Å². The number of amides is 3. The second-order valence-electron chi connectivity index (χ2n) is 10.8. The number of benzene rings is 2. The molecular formula is C31H40N8O7. The first-order chi connectivity index (χ1) is 21.9. The van der Waals surface area contributed by atoms with E-state index in [9.17, 15) is 29.1 Å². The number of nitrogens with zero attached hydrogens (tertiary/aromatic N) is 1. The van der Waals surface area contributed by atoms with E-state index in [1.54, 1.807) is 6.20 Å². The molecule has 0 bridgehead atoms. The number of carbonyl (C=O) groups excluding carboxylic acids is 3. The Kier molecular flexibility index (Phi) is 13.1. The third-order valence-corrected chi connectivity index (χ3v) is 7.21. The molecule has 0 aliphatic rings. The molecule has 12 N–H and O–H groups in total. The van der Waals surface area contributed by atoms with Gasteiger partial charge in [0.25, 0.3) is 0 Å². The zero-order chi connectivity index (χ0) is 33.6. The van der Waals surface area contributed by atoms with Crippen molar-refractivity contribution < 1.29 is 34.2 Å². The standard InChI is InChI=1S/C31H40N8O7/c32-21(15-18-7-2-1-3-8-18)27(42)39-25(16-19-17-36-22-10-5-4-9-20(19)22)29(44)37-23(11-6-14-35-31(33)34)28(43)38-24(30(45)46)12-13-26(40)41/h1-5,7-10,17,21,23-25,36H,6,11-16,32H2,(H,37,44)(H,38,43)(H,39,42)(H,40,41)(H,45,46)(H4,33,34,35). The average Bonchev–Trinajstić information content (AvgIpc) is 3.42. The van der Waals surface area contributed by atoms with Gasteiger partial charge in [0.2, 0.25) is 17.7 Å². The largest absolute Gasteiger partial charge is 0.481 e. The molecule has 4 unspecified atom stereocenters. The quantitative estimate of drug-likeness (QED) is 0.0501. The number of carbonyl (C=O) groups is 5. The molecule has 1 aromatic heterocycles. The van der Waals surface area contributed by atoms with E-state index in [0.717, 1.165) is 22.0 Å². The van der Waals surface area contributed by atoms with Gasteiger partial charge in [0.15, 0.2) is 5.96 Å². The summed E-state index contributed by atoms with van der Waals surface area (Å²) in [5.74, 6) is -4.99. The Labute approximate surface area is 265 Å². The van der Waals surface area contributed by atoms with Gasteiger partial charge in [0.05, 0.1) is 6.04 Å². The van der Waals surface area contributed by atoms with Gasteiger partial charge in [-0.05, 0) is 42.9 Å². The number of H-pyrrole nitrogens is 1. The van der Waals surface area contributed by atoms with Crippen LogP contribution in [-0.2, 0) is 36.8 Å². The van der Waals surface area contributed by atoms with Crippen LogP contribution in [0.2, 0.25) is 0 Å². The fourth-order valence-electron chi connectivity index (χ4n) is 4.81. The summed E-state index contributed by atoms with van der Waals surface area (Å²) in [7, 11) is 0. The number of carboxylic acids is 2. The van der Waals surface area contributed by atoms with Crippen molar-refractivity contribution in [3.63, 3.8) is 0 Å². The number of aliphatic carboxylic acids is 2. The van der Waals surface area contributed by atoms with Gasteiger partial charge in [0, 0.05) is 36.5 Å². The van der Waals surface area contributed by atoms with Gasteiger partial charge < -0.3 is 48.3 Å². The van der Waals surface area contributed by atoms with Crippen LogP contribution in [0, 0.1) is 0 Å². The number of hydrogen-bond acceptors (Lipinski definition) is 7. The zero-order valence-corrected chi connectivity index (χ0v) is 25.1. The highest BCUT2D eigenvalue weighted by Gasteiger charge is 2.31. The number of rotatable bonds is 18. The fraction of sp³-hybridized carbons (Fsp3) is 0.355. The molecule has 0 spiro atoms. The summed E-state index contributed by atoms with van der Waals surface area (Å²) in [5, 5.41) is 27.0. The summed E-state index contributed by atoms with van der Waals surface area (Å²) in [6, 6.07) is 11.6. The minimum atomic E-state index is -1.52. The Balaban J connectivity index is 1.84. The normalized spacial score (nSPS) is 13.5. The number of nitrogens with two attached hydrogens (primary N) is 3. The zero-order valence-electron chi connectivity index (χ0n) is 25.1. The Morgan fingerprint density at radius 3 is 2.09 bits per heavy atom. The second-order valence-corrected chi connectivity index (χ2v) is 10.8. The molecule has 0 saturated heterocycles. The van der Waals surface area contributed by atoms with E-state index in [2.05, 4.69) is 25.9 Å². The predicted octanol–water partition coefficient (Wildman–Crippen LogP) is -0.262. The fourth-order valence-corrected chi connectivity index (χ4v) is 4.81. The van der Waals surface area contributed by atoms with Gasteiger partial charge in [-0.25, -0.2) is 4.79 Å². The summed E-state index contributed by atoms with van der Waals surface area (Å²) < 4.78 is 0. The second kappa shape index (κ2) is 17.2. The molecule has 0 saturated carbocycles. The van der Waals surface area contributed by atoms with E-state index in [1.165, 1.54) is 0 Å². The van der Waals surface area contributed by atoms with Crippen LogP contribution in [0.5, 0.6) is 0 Å². The van der Waals surface area contributed by atoms with Gasteiger partial charge in [0.1, 0.15) is 18.1 Å². The number of guanidine groups is 1. The highest BCUT2D eigenvalue weighted by molar-refractivity contribution is 5.95. The third kappa shape index (κ3) is 10.9. The summed E-state index contributed by atoms with van der Waals surface area (Å²) >= 11 is 0. The Morgan fingerprint density at radius 2 is 1.41 bits per heavy atom. The number of aliphatic imine (C=N–C) groups is 1. The summed E-state index contributed by atoms with van der Waals surface area (Å²) in [5.41, 5.74) is 19.3.